The van der Waals surface area contributed by atoms with Crippen molar-refractivity contribution in [2.24, 2.45) is 5.41 Å². The Labute approximate surface area is 195 Å². The van der Waals surface area contributed by atoms with Crippen LogP contribution in [0.3, 0.4) is 0 Å². The molecule has 0 saturated heterocycles. The van der Waals surface area contributed by atoms with E-state index >= 15 is 0 Å². The summed E-state index contributed by atoms with van der Waals surface area (Å²) in [7, 11) is 1.61. The highest BCUT2D eigenvalue weighted by atomic mass is 35.5. The first kappa shape index (κ1) is 23.2. The summed E-state index contributed by atoms with van der Waals surface area (Å²) in [5.41, 5.74) is 0.714. The molecule has 0 radical (unpaired) electrons. The minimum atomic E-state index is -0.990. The van der Waals surface area contributed by atoms with Crippen molar-refractivity contribution in [3.63, 3.8) is 0 Å². The molecule has 2 aliphatic heterocycles. The average Bonchev–Trinajstić information content (AvgIpc) is 3.08. The lowest BCUT2D eigenvalue weighted by Gasteiger charge is -2.28. The van der Waals surface area contributed by atoms with Crippen LogP contribution in [-0.2, 0) is 27.3 Å². The Morgan fingerprint density at radius 1 is 1.39 bits per heavy atom. The largest absolute Gasteiger partial charge is 0.465 e. The number of hydrogen-bond acceptors (Lipinski definition) is 6. The number of nitrogens with one attached hydrogen (secondary N) is 2. The number of fused-ring (bicyclic) bond motifs is 3. The molecule has 33 heavy (non-hydrogen) atoms. The zero-order valence-corrected chi connectivity index (χ0v) is 19.3. The second kappa shape index (κ2) is 8.75. The Morgan fingerprint density at radius 2 is 2.15 bits per heavy atom. The topological polar surface area (TPSA) is 106 Å². The van der Waals surface area contributed by atoms with Crippen LogP contribution in [0.5, 0.6) is 0 Å². The lowest BCUT2D eigenvalue weighted by molar-refractivity contribution is -0.156. The fourth-order valence-electron chi connectivity index (χ4n) is 4.39. The second-order valence-corrected chi connectivity index (χ2v) is 8.97. The van der Waals surface area contributed by atoms with Crippen molar-refractivity contribution < 1.29 is 23.5 Å². The van der Waals surface area contributed by atoms with Gasteiger partial charge in [0.1, 0.15) is 23.0 Å². The fraction of sp³-hybridized carbons (Fsp3) is 0.455. The van der Waals surface area contributed by atoms with Crippen LogP contribution >= 0.6 is 11.6 Å². The van der Waals surface area contributed by atoms with Gasteiger partial charge in [0.25, 0.3) is 5.91 Å². The van der Waals surface area contributed by atoms with Gasteiger partial charge in [-0.2, -0.15) is 5.10 Å². The number of benzene rings is 1. The normalized spacial score (nSPS) is 22.3. The van der Waals surface area contributed by atoms with Gasteiger partial charge in [0.05, 0.1) is 23.9 Å². The SMILES string of the molecule is CCOC(=O)C1(C)CN(C)C(=O)c2c3c(nn2C1)CCNC3C(=O)Nc1ccc(F)c(Cl)c1. The molecule has 0 bridgehead atoms. The molecule has 2 unspecified atom stereocenters. The van der Waals surface area contributed by atoms with E-state index < -0.39 is 29.2 Å². The lowest BCUT2D eigenvalue weighted by atomic mass is 9.90. The van der Waals surface area contributed by atoms with Crippen molar-refractivity contribution in [2.75, 3.05) is 32.1 Å². The van der Waals surface area contributed by atoms with Crippen molar-refractivity contribution in [3.8, 4) is 0 Å². The Hall–Kier alpha value is -2.98. The fourth-order valence-corrected chi connectivity index (χ4v) is 4.57. The zero-order valence-electron chi connectivity index (χ0n) is 18.6. The van der Waals surface area contributed by atoms with Gasteiger partial charge in [0.15, 0.2) is 0 Å². The smallest absolute Gasteiger partial charge is 0.315 e. The molecule has 1 aromatic carbocycles. The van der Waals surface area contributed by atoms with Crippen LogP contribution in [0.2, 0.25) is 5.02 Å². The molecule has 2 aliphatic rings. The summed E-state index contributed by atoms with van der Waals surface area (Å²) in [6.45, 7) is 4.48. The predicted molar refractivity (Wildman–Crippen MR) is 118 cm³/mol. The Bertz CT molecular complexity index is 1140. The van der Waals surface area contributed by atoms with Crippen LogP contribution in [0, 0.1) is 11.2 Å². The van der Waals surface area contributed by atoms with Gasteiger partial charge in [0, 0.05) is 37.8 Å². The highest BCUT2D eigenvalue weighted by Gasteiger charge is 2.45. The summed E-state index contributed by atoms with van der Waals surface area (Å²) in [6.07, 6.45) is 0.522. The van der Waals surface area contributed by atoms with E-state index in [-0.39, 0.29) is 36.3 Å². The molecule has 176 valence electrons. The molecule has 11 heteroatoms. The van der Waals surface area contributed by atoms with E-state index in [1.165, 1.54) is 27.8 Å². The maximum atomic E-state index is 13.5. The first-order valence-electron chi connectivity index (χ1n) is 10.7. The number of carbonyl (C=O) groups excluding carboxylic acids is 3. The molecule has 4 rings (SSSR count). The predicted octanol–water partition coefficient (Wildman–Crippen LogP) is 2.16. The number of nitrogens with zero attached hydrogens (tertiary/aromatic N) is 3. The van der Waals surface area contributed by atoms with Gasteiger partial charge in [-0.25, -0.2) is 4.39 Å². The zero-order chi connectivity index (χ0) is 23.9. The molecular weight excluding hydrogens is 453 g/mol. The molecule has 9 nitrogen and oxygen atoms in total. The van der Waals surface area contributed by atoms with Gasteiger partial charge in [-0.15, -0.1) is 0 Å². The minimum Gasteiger partial charge on any atom is -0.465 e. The van der Waals surface area contributed by atoms with E-state index in [9.17, 15) is 18.8 Å². The van der Waals surface area contributed by atoms with Crippen LogP contribution < -0.4 is 10.6 Å². The molecule has 0 aliphatic carbocycles. The van der Waals surface area contributed by atoms with E-state index in [1.54, 1.807) is 20.9 Å². The summed E-state index contributed by atoms with van der Waals surface area (Å²) in [5.74, 6) is -1.76. The number of anilines is 1. The van der Waals surface area contributed by atoms with Gasteiger partial charge in [-0.1, -0.05) is 11.6 Å². The lowest BCUT2D eigenvalue weighted by Crippen LogP contribution is -2.43. The number of amides is 2. The number of hydrogen-bond donors (Lipinski definition) is 2. The van der Waals surface area contributed by atoms with Crippen molar-refractivity contribution in [3.05, 3.63) is 46.0 Å². The molecule has 1 aromatic heterocycles. The quantitative estimate of drug-likeness (QED) is 0.654. The number of halogens is 2. The Kier molecular flexibility index (Phi) is 6.15. The van der Waals surface area contributed by atoms with Gasteiger partial charge < -0.3 is 20.3 Å². The van der Waals surface area contributed by atoms with Crippen LogP contribution in [0.1, 0.15) is 41.6 Å². The maximum absolute atomic E-state index is 13.5. The van der Waals surface area contributed by atoms with Crippen molar-refractivity contribution >= 4 is 35.1 Å². The molecule has 0 spiro atoms. The molecule has 0 fully saturated rings. The van der Waals surface area contributed by atoms with E-state index in [0.29, 0.717) is 29.9 Å². The Morgan fingerprint density at radius 3 is 2.85 bits per heavy atom. The van der Waals surface area contributed by atoms with Gasteiger partial charge in [-0.05, 0) is 32.0 Å². The van der Waals surface area contributed by atoms with E-state index in [1.807, 2.05) is 0 Å². The second-order valence-electron chi connectivity index (χ2n) is 8.56. The van der Waals surface area contributed by atoms with Crippen LogP contribution in [0.15, 0.2) is 18.2 Å². The van der Waals surface area contributed by atoms with Gasteiger partial charge in [-0.3, -0.25) is 19.1 Å². The standard InChI is InChI=1S/C22H25ClFN5O4/c1-4-33-21(32)22(2)10-28(3)20(31)18-16-15(27-29(18)11-22)7-8-25-17(16)19(30)26-12-5-6-14(24)13(23)9-12/h5-6,9,17,25H,4,7-8,10-11H2,1-3H3,(H,26,30). The summed E-state index contributed by atoms with van der Waals surface area (Å²) in [6, 6.07) is 3.04. The molecule has 3 heterocycles. The minimum absolute atomic E-state index is 0.112. The van der Waals surface area contributed by atoms with Crippen LogP contribution in [0.25, 0.3) is 0 Å². The van der Waals surface area contributed by atoms with Crippen molar-refractivity contribution in [1.82, 2.24) is 20.0 Å². The van der Waals surface area contributed by atoms with Crippen LogP contribution in [-0.4, -0.2) is 59.2 Å². The van der Waals surface area contributed by atoms with Crippen molar-refractivity contribution in [1.29, 1.82) is 0 Å². The first-order valence-corrected chi connectivity index (χ1v) is 11.0. The van der Waals surface area contributed by atoms with E-state index in [0.717, 1.165) is 0 Å². The van der Waals surface area contributed by atoms with E-state index in [4.69, 9.17) is 16.3 Å². The molecule has 0 saturated carbocycles. The highest BCUT2D eigenvalue weighted by molar-refractivity contribution is 6.31. The molecule has 2 N–H and O–H groups in total. The molecule has 2 amide bonds. The molecule has 2 atom stereocenters. The number of carbonyl (C=O) groups is 3. The highest BCUT2D eigenvalue weighted by Crippen LogP contribution is 2.34. The summed E-state index contributed by atoms with van der Waals surface area (Å²) in [4.78, 5) is 40.6. The molecular formula is C22H25ClFN5O4. The number of esters is 1. The Balaban J connectivity index is 1.71. The van der Waals surface area contributed by atoms with E-state index in [2.05, 4.69) is 15.7 Å². The molecule has 2 aromatic rings. The number of aromatic nitrogens is 2. The number of ether oxygens (including phenoxy) is 1. The number of rotatable bonds is 4. The summed E-state index contributed by atoms with van der Waals surface area (Å²) in [5, 5.41) is 10.4. The third-order valence-corrected chi connectivity index (χ3v) is 6.21. The third kappa shape index (κ3) is 4.20. The van der Waals surface area contributed by atoms with Crippen molar-refractivity contribution in [2.45, 2.75) is 32.9 Å². The average molecular weight is 478 g/mol. The maximum Gasteiger partial charge on any atom is 0.315 e. The van der Waals surface area contributed by atoms with Gasteiger partial charge >= 0.3 is 5.97 Å². The monoisotopic (exact) mass is 477 g/mol. The summed E-state index contributed by atoms with van der Waals surface area (Å²) >= 11 is 5.83. The first-order chi connectivity index (χ1) is 15.6. The third-order valence-electron chi connectivity index (χ3n) is 5.92. The van der Waals surface area contributed by atoms with Crippen LogP contribution in [0.4, 0.5) is 10.1 Å². The van der Waals surface area contributed by atoms with Gasteiger partial charge in [0.2, 0.25) is 5.91 Å². The summed E-state index contributed by atoms with van der Waals surface area (Å²) < 4.78 is 20.3.